The molecular formula is C10H7IN2O. The first-order chi connectivity index (χ1) is 6.77. The van der Waals surface area contributed by atoms with Gasteiger partial charge in [0.25, 0.3) is 0 Å². The molecule has 0 amide bonds. The second kappa shape index (κ2) is 3.91. The summed E-state index contributed by atoms with van der Waals surface area (Å²) in [6.45, 7) is 0. The monoisotopic (exact) mass is 298 g/mol. The summed E-state index contributed by atoms with van der Waals surface area (Å²) >= 11 is 1.98. The van der Waals surface area contributed by atoms with Crippen LogP contribution < -0.4 is 0 Å². The molecule has 4 heteroatoms. The lowest BCUT2D eigenvalue weighted by Crippen LogP contribution is -1.84. The topological polar surface area (TPSA) is 46.0 Å². The molecule has 0 bridgehead atoms. The first-order valence-corrected chi connectivity index (χ1v) is 5.10. The van der Waals surface area contributed by atoms with Crippen LogP contribution in [0.2, 0.25) is 0 Å². The Bertz CT molecular complexity index is 445. The highest BCUT2D eigenvalue weighted by atomic mass is 127. The molecule has 0 radical (unpaired) electrons. The summed E-state index contributed by atoms with van der Waals surface area (Å²) in [7, 11) is 0. The summed E-state index contributed by atoms with van der Waals surface area (Å²) in [5, 5.41) is 9.47. The Morgan fingerprint density at radius 2 is 2.07 bits per heavy atom. The van der Waals surface area contributed by atoms with Crippen molar-refractivity contribution in [1.29, 1.82) is 0 Å². The first kappa shape index (κ1) is 9.39. The van der Waals surface area contributed by atoms with E-state index in [9.17, 15) is 5.11 Å². The van der Waals surface area contributed by atoms with Gasteiger partial charge in [0, 0.05) is 29.7 Å². The molecule has 0 aromatic carbocycles. The van der Waals surface area contributed by atoms with Crippen molar-refractivity contribution in [3.8, 4) is 16.9 Å². The maximum atomic E-state index is 9.47. The van der Waals surface area contributed by atoms with Crippen LogP contribution in [0.3, 0.4) is 0 Å². The molecule has 2 aromatic rings. The van der Waals surface area contributed by atoms with E-state index in [0.29, 0.717) is 3.70 Å². The van der Waals surface area contributed by atoms with Crippen molar-refractivity contribution in [2.45, 2.75) is 0 Å². The Hall–Kier alpha value is -1.17. The van der Waals surface area contributed by atoms with Crippen LogP contribution in [0.5, 0.6) is 5.75 Å². The quantitative estimate of drug-likeness (QED) is 0.650. The lowest BCUT2D eigenvalue weighted by Gasteiger charge is -2.01. The smallest absolute Gasteiger partial charge is 0.148 e. The van der Waals surface area contributed by atoms with Crippen molar-refractivity contribution in [3.63, 3.8) is 0 Å². The van der Waals surface area contributed by atoms with Crippen molar-refractivity contribution >= 4 is 22.6 Å². The van der Waals surface area contributed by atoms with Gasteiger partial charge in [-0.05, 0) is 34.7 Å². The summed E-state index contributed by atoms with van der Waals surface area (Å²) < 4.78 is 0.607. The van der Waals surface area contributed by atoms with Gasteiger partial charge in [-0.1, -0.05) is 6.07 Å². The zero-order valence-electron chi connectivity index (χ0n) is 7.18. The van der Waals surface area contributed by atoms with Crippen LogP contribution in [0, 0.1) is 3.70 Å². The van der Waals surface area contributed by atoms with E-state index in [0.717, 1.165) is 11.1 Å². The zero-order chi connectivity index (χ0) is 9.97. The number of aromatic nitrogens is 2. The predicted octanol–water partition coefficient (Wildman–Crippen LogP) is 2.45. The van der Waals surface area contributed by atoms with E-state index < -0.39 is 0 Å². The summed E-state index contributed by atoms with van der Waals surface area (Å²) in [6, 6.07) is 5.46. The van der Waals surface area contributed by atoms with Gasteiger partial charge in [-0.2, -0.15) is 0 Å². The van der Waals surface area contributed by atoms with Crippen molar-refractivity contribution in [1.82, 2.24) is 9.97 Å². The first-order valence-electron chi connectivity index (χ1n) is 4.02. The van der Waals surface area contributed by atoms with Crippen LogP contribution in [-0.4, -0.2) is 15.1 Å². The van der Waals surface area contributed by atoms with E-state index >= 15 is 0 Å². The molecule has 14 heavy (non-hydrogen) atoms. The van der Waals surface area contributed by atoms with Crippen LogP contribution in [0.4, 0.5) is 0 Å². The maximum absolute atomic E-state index is 9.47. The van der Waals surface area contributed by atoms with Crippen molar-refractivity contribution in [2.75, 3.05) is 0 Å². The number of aromatic hydroxyl groups is 1. The summed E-state index contributed by atoms with van der Waals surface area (Å²) in [5.74, 6) is 0.201. The number of hydrogen-bond acceptors (Lipinski definition) is 3. The van der Waals surface area contributed by atoms with E-state index in [-0.39, 0.29) is 5.75 Å². The number of halogens is 1. The fraction of sp³-hybridized carbons (Fsp3) is 0. The van der Waals surface area contributed by atoms with E-state index in [2.05, 4.69) is 9.97 Å². The number of nitrogens with zero attached hydrogens (tertiary/aromatic N) is 2. The van der Waals surface area contributed by atoms with Crippen molar-refractivity contribution in [2.24, 2.45) is 0 Å². The van der Waals surface area contributed by atoms with Gasteiger partial charge in [0.05, 0.1) is 0 Å². The van der Waals surface area contributed by atoms with E-state index in [1.54, 1.807) is 24.7 Å². The fourth-order valence-electron chi connectivity index (χ4n) is 1.13. The van der Waals surface area contributed by atoms with E-state index in [4.69, 9.17) is 0 Å². The lowest BCUT2D eigenvalue weighted by atomic mass is 10.1. The molecule has 2 rings (SSSR count). The maximum Gasteiger partial charge on any atom is 0.148 e. The van der Waals surface area contributed by atoms with E-state index in [1.807, 2.05) is 34.7 Å². The normalized spacial score (nSPS) is 10.1. The highest BCUT2D eigenvalue weighted by molar-refractivity contribution is 14.1. The molecule has 0 spiro atoms. The van der Waals surface area contributed by atoms with Gasteiger partial charge in [-0.15, -0.1) is 0 Å². The highest BCUT2D eigenvalue weighted by Crippen LogP contribution is 2.24. The van der Waals surface area contributed by atoms with Gasteiger partial charge in [-0.3, -0.25) is 4.98 Å². The second-order valence-electron chi connectivity index (χ2n) is 2.78. The third kappa shape index (κ3) is 1.84. The van der Waals surface area contributed by atoms with Crippen molar-refractivity contribution in [3.05, 3.63) is 40.5 Å². The van der Waals surface area contributed by atoms with Crippen LogP contribution in [-0.2, 0) is 0 Å². The molecule has 0 saturated carbocycles. The van der Waals surface area contributed by atoms with E-state index in [1.165, 1.54) is 0 Å². The Morgan fingerprint density at radius 3 is 2.71 bits per heavy atom. The molecule has 0 fully saturated rings. The average Bonchev–Trinajstić information content (AvgIpc) is 2.23. The van der Waals surface area contributed by atoms with Gasteiger partial charge >= 0.3 is 0 Å². The Kier molecular flexibility index (Phi) is 2.62. The average molecular weight is 298 g/mol. The minimum absolute atomic E-state index is 0.201. The zero-order valence-corrected chi connectivity index (χ0v) is 9.34. The second-order valence-corrected chi connectivity index (χ2v) is 3.80. The molecule has 0 aliphatic carbocycles. The largest absolute Gasteiger partial charge is 0.505 e. The molecule has 70 valence electrons. The van der Waals surface area contributed by atoms with Crippen LogP contribution >= 0.6 is 22.6 Å². The third-order valence-corrected chi connectivity index (χ3v) is 2.65. The van der Waals surface area contributed by atoms with Gasteiger partial charge in [0.2, 0.25) is 0 Å². The fourth-order valence-corrected chi connectivity index (χ4v) is 1.42. The molecular weight excluding hydrogens is 291 g/mol. The molecule has 0 unspecified atom stereocenters. The molecule has 1 N–H and O–H groups in total. The summed E-state index contributed by atoms with van der Waals surface area (Å²) in [5.41, 5.74) is 1.82. The number of rotatable bonds is 1. The predicted molar refractivity (Wildman–Crippen MR) is 61.8 cm³/mol. The molecule has 0 aliphatic rings. The standard InChI is InChI=1S/C10H7IN2O/c11-10-9(14)4-8(6-13-10)7-2-1-3-12-5-7/h1-6,14H. The number of hydrogen-bond donors (Lipinski definition) is 1. The minimum Gasteiger partial charge on any atom is -0.505 e. The Balaban J connectivity index is 2.48. The highest BCUT2D eigenvalue weighted by Gasteiger charge is 2.02. The number of pyridine rings is 2. The molecule has 0 saturated heterocycles. The van der Waals surface area contributed by atoms with Crippen molar-refractivity contribution < 1.29 is 5.11 Å². The summed E-state index contributed by atoms with van der Waals surface area (Å²) in [6.07, 6.45) is 5.17. The molecule has 0 atom stereocenters. The van der Waals surface area contributed by atoms with Gasteiger partial charge in [0.1, 0.15) is 9.45 Å². The van der Waals surface area contributed by atoms with Crippen LogP contribution in [0.1, 0.15) is 0 Å². The van der Waals surface area contributed by atoms with Gasteiger partial charge in [0.15, 0.2) is 0 Å². The Morgan fingerprint density at radius 1 is 1.21 bits per heavy atom. The molecule has 2 heterocycles. The third-order valence-electron chi connectivity index (χ3n) is 1.82. The molecule has 2 aromatic heterocycles. The van der Waals surface area contributed by atoms with Crippen LogP contribution in [0.25, 0.3) is 11.1 Å². The summed E-state index contributed by atoms with van der Waals surface area (Å²) in [4.78, 5) is 8.07. The van der Waals surface area contributed by atoms with Gasteiger partial charge < -0.3 is 5.11 Å². The minimum atomic E-state index is 0.201. The SMILES string of the molecule is Oc1cc(-c2cccnc2)cnc1I. The van der Waals surface area contributed by atoms with Gasteiger partial charge in [-0.25, -0.2) is 4.98 Å². The van der Waals surface area contributed by atoms with Crippen LogP contribution in [0.15, 0.2) is 36.8 Å². The molecule has 0 aliphatic heterocycles. The molecule has 3 nitrogen and oxygen atoms in total. The Labute approximate surface area is 95.0 Å². The lowest BCUT2D eigenvalue weighted by molar-refractivity contribution is 0.468.